The summed E-state index contributed by atoms with van der Waals surface area (Å²) in [4.78, 5) is 21.8. The van der Waals surface area contributed by atoms with Crippen LogP contribution in [0.3, 0.4) is 0 Å². The van der Waals surface area contributed by atoms with Crippen molar-refractivity contribution in [2.75, 3.05) is 25.2 Å². The molecule has 0 aliphatic rings. The van der Waals surface area contributed by atoms with Gasteiger partial charge in [0, 0.05) is 11.8 Å². The lowest BCUT2D eigenvalue weighted by molar-refractivity contribution is -0.385. The van der Waals surface area contributed by atoms with Crippen LogP contribution in [0.25, 0.3) is 12.2 Å². The van der Waals surface area contributed by atoms with Gasteiger partial charge in [0.2, 0.25) is 0 Å². The van der Waals surface area contributed by atoms with E-state index in [2.05, 4.69) is 5.32 Å². The molecular weight excluding hydrogens is 355 g/mol. The minimum atomic E-state index is -0.733. The molecule has 1 amide bonds. The highest BCUT2D eigenvalue weighted by molar-refractivity contribution is 5.85. The van der Waals surface area contributed by atoms with Gasteiger partial charge in [0.05, 0.1) is 11.5 Å². The molecule has 8 heteroatoms. The van der Waals surface area contributed by atoms with Crippen molar-refractivity contribution in [1.82, 2.24) is 0 Å². The van der Waals surface area contributed by atoms with Gasteiger partial charge in [-0.05, 0) is 42.3 Å². The topological polar surface area (TPSA) is 90.7 Å². The molecular formula is C19H19FN2O5. The summed E-state index contributed by atoms with van der Waals surface area (Å²) >= 11 is 0. The minimum Gasteiger partial charge on any atom is -0.484 e. The molecule has 142 valence electrons. The monoisotopic (exact) mass is 374 g/mol. The van der Waals surface area contributed by atoms with E-state index in [0.29, 0.717) is 17.9 Å². The normalized spacial score (nSPS) is 10.6. The first-order valence-electron chi connectivity index (χ1n) is 8.22. The first-order chi connectivity index (χ1) is 13.0. The summed E-state index contributed by atoms with van der Waals surface area (Å²) in [5.74, 6) is 0.0220. The Morgan fingerprint density at radius 2 is 1.85 bits per heavy atom. The van der Waals surface area contributed by atoms with Crippen molar-refractivity contribution >= 4 is 29.6 Å². The third-order valence-electron chi connectivity index (χ3n) is 3.42. The van der Waals surface area contributed by atoms with E-state index in [4.69, 9.17) is 9.47 Å². The number of hydrogen-bond donors (Lipinski definition) is 1. The Morgan fingerprint density at radius 3 is 2.48 bits per heavy atom. The van der Waals surface area contributed by atoms with Crippen LogP contribution in [0, 0.1) is 10.1 Å². The van der Waals surface area contributed by atoms with Crippen molar-refractivity contribution in [3.63, 3.8) is 0 Å². The van der Waals surface area contributed by atoms with Crippen molar-refractivity contribution in [3.8, 4) is 5.75 Å². The van der Waals surface area contributed by atoms with Crippen molar-refractivity contribution < 1.29 is 23.6 Å². The van der Waals surface area contributed by atoms with Crippen LogP contribution in [-0.4, -0.2) is 30.9 Å². The molecule has 0 saturated heterocycles. The number of nitro benzene ring substituents is 1. The predicted octanol–water partition coefficient (Wildman–Crippen LogP) is 4.68. The van der Waals surface area contributed by atoms with E-state index in [9.17, 15) is 19.3 Å². The van der Waals surface area contributed by atoms with Crippen LogP contribution in [0.4, 0.5) is 20.6 Å². The van der Waals surface area contributed by atoms with Gasteiger partial charge < -0.3 is 9.47 Å². The molecule has 0 unspecified atom stereocenters. The Hall–Kier alpha value is -3.42. The molecule has 7 nitrogen and oxygen atoms in total. The molecule has 0 bridgehead atoms. The van der Waals surface area contributed by atoms with E-state index in [-0.39, 0.29) is 18.0 Å². The molecule has 0 radical (unpaired) electrons. The molecule has 2 rings (SSSR count). The molecule has 0 aliphatic carbocycles. The third kappa shape index (κ3) is 6.10. The lowest BCUT2D eigenvalue weighted by Crippen LogP contribution is -2.12. The molecule has 0 aliphatic heterocycles. The SMILES string of the molecule is CCOC(=O)Nc1ccc(/C=C/c2ccc([N+](=O)[O-])c(OCCF)c2)cc1. The zero-order valence-electron chi connectivity index (χ0n) is 14.7. The van der Waals surface area contributed by atoms with Crippen LogP contribution in [0.5, 0.6) is 5.75 Å². The number of anilines is 1. The van der Waals surface area contributed by atoms with Crippen LogP contribution in [0.2, 0.25) is 0 Å². The van der Waals surface area contributed by atoms with Crippen molar-refractivity contribution in [3.05, 3.63) is 63.7 Å². The smallest absolute Gasteiger partial charge is 0.411 e. The van der Waals surface area contributed by atoms with Crippen molar-refractivity contribution in [1.29, 1.82) is 0 Å². The van der Waals surface area contributed by atoms with Crippen LogP contribution in [-0.2, 0) is 4.74 Å². The largest absolute Gasteiger partial charge is 0.484 e. The maximum Gasteiger partial charge on any atom is 0.411 e. The number of nitro groups is 1. The maximum atomic E-state index is 12.3. The number of halogens is 1. The molecule has 0 aromatic heterocycles. The van der Waals surface area contributed by atoms with Gasteiger partial charge in [0.15, 0.2) is 5.75 Å². The second-order valence-corrected chi connectivity index (χ2v) is 5.32. The first-order valence-corrected chi connectivity index (χ1v) is 8.22. The molecule has 1 N–H and O–H groups in total. The van der Waals surface area contributed by atoms with Crippen molar-refractivity contribution in [2.24, 2.45) is 0 Å². The first kappa shape index (κ1) is 19.9. The number of alkyl halides is 1. The number of ether oxygens (including phenoxy) is 2. The number of carbonyl (C=O) groups excluding carboxylic acids is 1. The van der Waals surface area contributed by atoms with Crippen LogP contribution in [0.15, 0.2) is 42.5 Å². The fourth-order valence-electron chi connectivity index (χ4n) is 2.20. The quantitative estimate of drug-likeness (QED) is 0.411. The molecule has 0 atom stereocenters. The Morgan fingerprint density at radius 1 is 1.19 bits per heavy atom. The standard InChI is InChI=1S/C19H19FN2O5/c1-2-26-19(23)21-16-8-5-14(6-9-16)3-4-15-7-10-17(22(24)25)18(13-15)27-12-11-20/h3-10,13H,2,11-12H2,1H3,(H,21,23)/b4-3+. The van der Waals surface area contributed by atoms with E-state index in [1.54, 1.807) is 49.4 Å². The van der Waals surface area contributed by atoms with Gasteiger partial charge in [-0.3, -0.25) is 15.4 Å². The van der Waals surface area contributed by atoms with E-state index in [1.165, 1.54) is 12.1 Å². The number of nitrogens with one attached hydrogen (secondary N) is 1. The van der Waals surface area contributed by atoms with Gasteiger partial charge in [0.1, 0.15) is 13.3 Å². The highest BCUT2D eigenvalue weighted by atomic mass is 19.1. The van der Waals surface area contributed by atoms with E-state index in [1.807, 2.05) is 0 Å². The lowest BCUT2D eigenvalue weighted by Gasteiger charge is -2.06. The van der Waals surface area contributed by atoms with Crippen LogP contribution >= 0.6 is 0 Å². The summed E-state index contributed by atoms with van der Waals surface area (Å²) in [5.41, 5.74) is 1.91. The summed E-state index contributed by atoms with van der Waals surface area (Å²) in [6, 6.07) is 11.4. The average molecular weight is 374 g/mol. The Bertz CT molecular complexity index is 821. The molecule has 0 saturated carbocycles. The summed E-state index contributed by atoms with van der Waals surface area (Å²) in [6.45, 7) is 1.03. The second-order valence-electron chi connectivity index (χ2n) is 5.32. The Balaban J connectivity index is 2.10. The summed E-state index contributed by atoms with van der Waals surface area (Å²) < 4.78 is 22.2. The van der Waals surface area contributed by atoms with Gasteiger partial charge in [-0.2, -0.15) is 0 Å². The van der Waals surface area contributed by atoms with Gasteiger partial charge in [-0.1, -0.05) is 24.3 Å². The minimum absolute atomic E-state index is 0.0220. The molecule has 0 spiro atoms. The molecule has 0 fully saturated rings. The second kappa shape index (κ2) is 9.91. The number of nitrogens with zero attached hydrogens (tertiary/aromatic N) is 1. The zero-order valence-corrected chi connectivity index (χ0v) is 14.7. The summed E-state index contributed by atoms with van der Waals surface area (Å²) in [7, 11) is 0. The molecule has 2 aromatic carbocycles. The molecule has 0 heterocycles. The van der Waals surface area contributed by atoms with E-state index >= 15 is 0 Å². The van der Waals surface area contributed by atoms with Gasteiger partial charge in [0.25, 0.3) is 0 Å². The lowest BCUT2D eigenvalue weighted by atomic mass is 10.1. The Kier molecular flexibility index (Phi) is 7.30. The highest BCUT2D eigenvalue weighted by Crippen LogP contribution is 2.28. The van der Waals surface area contributed by atoms with E-state index in [0.717, 1.165) is 5.56 Å². The number of carbonyl (C=O) groups is 1. The van der Waals surface area contributed by atoms with Gasteiger partial charge >= 0.3 is 11.8 Å². The zero-order chi connectivity index (χ0) is 19.6. The fourth-order valence-corrected chi connectivity index (χ4v) is 2.20. The fraction of sp³-hybridized carbons (Fsp3) is 0.211. The highest BCUT2D eigenvalue weighted by Gasteiger charge is 2.15. The Labute approximate surface area is 155 Å². The molecule has 27 heavy (non-hydrogen) atoms. The van der Waals surface area contributed by atoms with Gasteiger partial charge in [-0.15, -0.1) is 0 Å². The van der Waals surface area contributed by atoms with Crippen LogP contribution < -0.4 is 10.1 Å². The van der Waals surface area contributed by atoms with Crippen LogP contribution in [0.1, 0.15) is 18.1 Å². The van der Waals surface area contributed by atoms with Crippen molar-refractivity contribution in [2.45, 2.75) is 6.92 Å². The summed E-state index contributed by atoms with van der Waals surface area (Å²) in [5, 5.41) is 13.6. The molecule has 2 aromatic rings. The van der Waals surface area contributed by atoms with E-state index < -0.39 is 17.7 Å². The number of rotatable bonds is 8. The number of hydrogen-bond acceptors (Lipinski definition) is 5. The summed E-state index contributed by atoms with van der Waals surface area (Å²) in [6.07, 6.45) is 3.03. The third-order valence-corrected chi connectivity index (χ3v) is 3.42. The predicted molar refractivity (Wildman–Crippen MR) is 101 cm³/mol. The average Bonchev–Trinajstić information content (AvgIpc) is 2.66. The van der Waals surface area contributed by atoms with Gasteiger partial charge in [-0.25, -0.2) is 9.18 Å². The number of benzene rings is 2. The maximum absolute atomic E-state index is 12.3. The number of amides is 1.